The zero-order chi connectivity index (χ0) is 44.7. The molecule has 0 aromatic heterocycles. The summed E-state index contributed by atoms with van der Waals surface area (Å²) in [7, 11) is 3.10. The van der Waals surface area contributed by atoms with E-state index in [2.05, 4.69) is 5.32 Å². The van der Waals surface area contributed by atoms with Crippen LogP contribution in [0, 0.1) is 11.8 Å². The molecule has 1 atom stereocenters. The van der Waals surface area contributed by atoms with Crippen LogP contribution in [0.5, 0.6) is 0 Å². The third-order valence-corrected chi connectivity index (χ3v) is 12.9. The van der Waals surface area contributed by atoms with Gasteiger partial charge < -0.3 is 45.0 Å². The van der Waals surface area contributed by atoms with Crippen molar-refractivity contribution in [3.8, 4) is 0 Å². The molecule has 338 valence electrons. The van der Waals surface area contributed by atoms with Crippen LogP contribution in [0.4, 0.5) is 34.1 Å². The predicted molar refractivity (Wildman–Crippen MR) is 223 cm³/mol. The first kappa shape index (κ1) is 46.2. The summed E-state index contributed by atoms with van der Waals surface area (Å²) in [5, 5.41) is 2.64. The molecule has 4 aliphatic heterocycles. The number of carbonyl (C=O) groups is 6. The summed E-state index contributed by atoms with van der Waals surface area (Å²) >= 11 is 6.14. The number of hydrogen-bond donors (Lipinski definition) is 2. The molecule has 19 heteroatoms. The van der Waals surface area contributed by atoms with Gasteiger partial charge in [-0.1, -0.05) is 29.8 Å². The van der Waals surface area contributed by atoms with Crippen molar-refractivity contribution in [2.75, 3.05) is 77.6 Å². The van der Waals surface area contributed by atoms with Gasteiger partial charge in [0.25, 0.3) is 11.8 Å². The number of nitrogens with zero attached hydrogens (tertiary/aromatic N) is 5. The number of likely N-dealkylation sites (N-methyl/N-ethyl adjacent to an activating group) is 1. The number of esters is 1. The molecule has 4 heterocycles. The van der Waals surface area contributed by atoms with Crippen molar-refractivity contribution in [3.05, 3.63) is 58.1 Å². The van der Waals surface area contributed by atoms with Crippen LogP contribution in [0.3, 0.4) is 0 Å². The number of nitrogens with one attached hydrogen (secondary N) is 1. The highest BCUT2D eigenvalue weighted by Gasteiger charge is 2.39. The van der Waals surface area contributed by atoms with Gasteiger partial charge in [-0.25, -0.2) is 9.59 Å². The van der Waals surface area contributed by atoms with E-state index in [4.69, 9.17) is 26.8 Å². The number of carbonyl (C=O) groups excluding carboxylic acids is 6. The van der Waals surface area contributed by atoms with Crippen molar-refractivity contribution in [3.63, 3.8) is 0 Å². The van der Waals surface area contributed by atoms with E-state index in [0.717, 1.165) is 30.2 Å². The maximum Gasteiger partial charge on any atom is 0.418 e. The molecule has 0 saturated carbocycles. The highest BCUT2D eigenvalue weighted by atomic mass is 35.5. The number of alkyl halides is 3. The number of piperidine rings is 3. The molecule has 3 N–H and O–H groups in total. The lowest BCUT2D eigenvalue weighted by atomic mass is 9.78. The lowest BCUT2D eigenvalue weighted by molar-refractivity contribution is -0.152. The molecule has 6 amide bonds. The number of fused-ring (bicyclic) bond motifs is 1. The smallest absolute Gasteiger partial charge is 0.418 e. The molecule has 0 spiro atoms. The van der Waals surface area contributed by atoms with Crippen molar-refractivity contribution >= 4 is 58.8 Å². The average Bonchev–Trinajstić information content (AvgIpc) is 3.42. The number of halogens is 4. The molecule has 15 nitrogen and oxygen atoms in total. The quantitative estimate of drug-likeness (QED) is 0.220. The maximum atomic E-state index is 14.2. The van der Waals surface area contributed by atoms with Crippen LogP contribution < -0.4 is 11.1 Å². The van der Waals surface area contributed by atoms with Crippen LogP contribution in [0.1, 0.15) is 68.1 Å². The van der Waals surface area contributed by atoms with E-state index in [1.54, 1.807) is 28.8 Å². The second kappa shape index (κ2) is 20.3. The van der Waals surface area contributed by atoms with Crippen molar-refractivity contribution < 1.29 is 51.4 Å². The molecule has 0 radical (unpaired) electrons. The molecule has 2 aromatic rings. The number of likely N-dealkylation sites (tertiary alicyclic amines) is 3. The summed E-state index contributed by atoms with van der Waals surface area (Å²) in [6.45, 7) is 2.36. The Bertz CT molecular complexity index is 1980. The molecule has 62 heavy (non-hydrogen) atoms. The Labute approximate surface area is 363 Å². The molecule has 0 aliphatic carbocycles. The van der Waals surface area contributed by atoms with Gasteiger partial charge >= 0.3 is 24.3 Å². The Morgan fingerprint density at radius 3 is 2.11 bits per heavy atom. The molecular weight excluding hydrogens is 835 g/mol. The topological polar surface area (TPSA) is 175 Å². The van der Waals surface area contributed by atoms with E-state index >= 15 is 0 Å². The molecule has 0 unspecified atom stereocenters. The maximum absolute atomic E-state index is 14.2. The number of ether oxygens (including phenoxy) is 2. The molecule has 4 aliphatic rings. The Hall–Kier alpha value is -5.26. The summed E-state index contributed by atoms with van der Waals surface area (Å²) in [6.07, 6.45) is -3.14. The Morgan fingerprint density at radius 2 is 1.48 bits per heavy atom. The fourth-order valence-electron chi connectivity index (χ4n) is 8.84. The number of amides is 6. The molecule has 2 aromatic carbocycles. The van der Waals surface area contributed by atoms with Crippen LogP contribution in [-0.2, 0) is 47.7 Å². The van der Waals surface area contributed by atoms with Gasteiger partial charge in [0.05, 0.1) is 22.7 Å². The van der Waals surface area contributed by atoms with Gasteiger partial charge in [-0.3, -0.25) is 19.2 Å². The van der Waals surface area contributed by atoms with E-state index in [1.807, 2.05) is 24.3 Å². The van der Waals surface area contributed by atoms with Crippen molar-refractivity contribution in [1.29, 1.82) is 0 Å². The number of urea groups is 1. The van der Waals surface area contributed by atoms with Crippen LogP contribution in [0.15, 0.2) is 36.4 Å². The normalized spacial score (nSPS) is 18.6. The zero-order valence-corrected chi connectivity index (χ0v) is 35.8. The minimum absolute atomic E-state index is 0.0166. The zero-order valence-electron chi connectivity index (χ0n) is 35.1. The monoisotopic (exact) mass is 889 g/mol. The van der Waals surface area contributed by atoms with Crippen LogP contribution in [0.2, 0.25) is 5.02 Å². The van der Waals surface area contributed by atoms with E-state index < -0.39 is 41.5 Å². The van der Waals surface area contributed by atoms with Crippen LogP contribution in [0.25, 0.3) is 0 Å². The molecule has 6 rings (SSSR count). The van der Waals surface area contributed by atoms with Crippen molar-refractivity contribution in [2.45, 2.75) is 82.5 Å². The SMILES string of the molecule is CN(C)C(=O)COC(=O)CCC(=O)N1CCC(C2CCN(C(=O)[C@@H](Cc3cc(Cl)c(N)c(C(F)(F)F)c3)OC(=O)N3CCC(N4CCc5ccccc5NC4=O)CC3)CC2)CC1. The van der Waals surface area contributed by atoms with Gasteiger partial charge in [-0.15, -0.1) is 0 Å². The molecule has 0 bridgehead atoms. The second-order valence-corrected chi connectivity index (χ2v) is 17.1. The third-order valence-electron chi connectivity index (χ3n) is 12.5. The Kier molecular flexibility index (Phi) is 15.1. The molecule has 3 fully saturated rings. The highest BCUT2D eigenvalue weighted by Crippen LogP contribution is 2.39. The van der Waals surface area contributed by atoms with Gasteiger partial charge in [-0.05, 0) is 86.1 Å². The van der Waals surface area contributed by atoms with Gasteiger partial charge in [0.15, 0.2) is 12.7 Å². The van der Waals surface area contributed by atoms with Gasteiger partial charge in [-0.2, -0.15) is 13.2 Å². The third kappa shape index (κ3) is 11.6. The first-order chi connectivity index (χ1) is 29.5. The summed E-state index contributed by atoms with van der Waals surface area (Å²) in [6, 6.07) is 9.35. The fourth-order valence-corrected chi connectivity index (χ4v) is 9.08. The lowest BCUT2D eigenvalue weighted by Crippen LogP contribution is -2.52. The number of para-hydroxylation sites is 1. The van der Waals surface area contributed by atoms with Crippen molar-refractivity contribution in [2.24, 2.45) is 11.8 Å². The van der Waals surface area contributed by atoms with E-state index in [9.17, 15) is 41.9 Å². The summed E-state index contributed by atoms with van der Waals surface area (Å²) < 4.78 is 52.6. The summed E-state index contributed by atoms with van der Waals surface area (Å²) in [4.78, 5) is 85.5. The van der Waals surface area contributed by atoms with Gasteiger partial charge in [0.2, 0.25) is 5.91 Å². The second-order valence-electron chi connectivity index (χ2n) is 16.7. The fraction of sp³-hybridized carbons (Fsp3) is 0.581. The molecular formula is C43H55ClF3N7O8. The standard InChI is InChI=1S/C43H55ClF3N7O8/c1-50(2)37(56)26-61-38(57)8-7-36(55)51-16-9-28(10-17-51)29-11-18-52(19-12-29)40(58)35(25-27-23-32(43(45,46)47)39(48)33(44)24-27)62-42(60)53-20-14-31(15-21-53)54-22-13-30-5-3-4-6-34(30)49-41(54)59/h3-6,23-24,28-29,31,35H,7-22,25-26,48H2,1-2H3,(H,49,59)/t35-/m1/s1. The number of benzene rings is 2. The van der Waals surface area contributed by atoms with Crippen molar-refractivity contribution in [1.82, 2.24) is 24.5 Å². The van der Waals surface area contributed by atoms with Gasteiger partial charge in [0.1, 0.15) is 0 Å². The number of nitrogen functional groups attached to an aromatic ring is 1. The van der Waals surface area contributed by atoms with Crippen LogP contribution in [-0.4, -0.2) is 139 Å². The molecule has 3 saturated heterocycles. The lowest BCUT2D eigenvalue weighted by Gasteiger charge is -2.41. The number of anilines is 2. The number of rotatable bonds is 11. The largest absolute Gasteiger partial charge is 0.456 e. The first-order valence-electron chi connectivity index (χ1n) is 21.2. The highest BCUT2D eigenvalue weighted by molar-refractivity contribution is 6.33. The number of nitrogens with two attached hydrogens (primary N) is 1. The number of hydrogen-bond acceptors (Lipinski definition) is 9. The van der Waals surface area contributed by atoms with E-state index in [-0.39, 0.29) is 79.4 Å². The van der Waals surface area contributed by atoms with Gasteiger partial charge in [0, 0.05) is 84.5 Å². The van der Waals surface area contributed by atoms with E-state index in [1.165, 1.54) is 15.9 Å². The minimum atomic E-state index is -4.81. The Morgan fingerprint density at radius 1 is 0.871 bits per heavy atom. The Balaban J connectivity index is 1.03. The minimum Gasteiger partial charge on any atom is -0.456 e. The van der Waals surface area contributed by atoms with E-state index in [0.29, 0.717) is 70.7 Å². The average molecular weight is 890 g/mol. The summed E-state index contributed by atoms with van der Waals surface area (Å²) in [5.41, 5.74) is 5.73. The predicted octanol–water partition coefficient (Wildman–Crippen LogP) is 5.43. The first-order valence-corrected chi connectivity index (χ1v) is 21.5. The van der Waals surface area contributed by atoms with Crippen LogP contribution >= 0.6 is 11.6 Å². The summed E-state index contributed by atoms with van der Waals surface area (Å²) in [5.74, 6) is -1.10.